The second kappa shape index (κ2) is 8.44. The Labute approximate surface area is 139 Å². The van der Waals surface area contributed by atoms with Crippen molar-refractivity contribution < 1.29 is 29.0 Å². The summed E-state index contributed by atoms with van der Waals surface area (Å²) in [5.74, 6) is -1.58. The third-order valence-electron chi connectivity index (χ3n) is 3.86. The number of nitrogens with one attached hydrogen (secondary N) is 1. The lowest BCUT2D eigenvalue weighted by Gasteiger charge is -2.28. The molecular weight excluding hydrogens is 314 g/mol. The molecule has 1 aromatic rings. The number of hydrogen-bond acceptors (Lipinski definition) is 5. The first-order valence-electron chi connectivity index (χ1n) is 7.81. The summed E-state index contributed by atoms with van der Waals surface area (Å²) in [6, 6.07) is 5.48. The maximum Gasteiger partial charge on any atom is 0.326 e. The number of hydrogen-bond donors (Lipinski definition) is 2. The van der Waals surface area contributed by atoms with Crippen LogP contribution in [0.4, 0.5) is 0 Å². The summed E-state index contributed by atoms with van der Waals surface area (Å²) in [7, 11) is 0. The molecule has 1 saturated heterocycles. The van der Waals surface area contributed by atoms with Crippen LogP contribution >= 0.6 is 0 Å². The molecule has 1 aliphatic heterocycles. The van der Waals surface area contributed by atoms with Gasteiger partial charge in [0.25, 0.3) is 5.91 Å². The first-order chi connectivity index (χ1) is 11.5. The molecule has 0 spiro atoms. The Kier molecular flexibility index (Phi) is 6.31. The molecule has 0 saturated carbocycles. The predicted octanol–water partition coefficient (Wildman–Crippen LogP) is 1.26. The molecule has 130 valence electrons. The molecule has 1 heterocycles. The summed E-state index contributed by atoms with van der Waals surface area (Å²) in [5, 5.41) is 11.8. The average Bonchev–Trinajstić information content (AvgIpc) is 2.58. The van der Waals surface area contributed by atoms with E-state index in [0.717, 1.165) is 6.42 Å². The van der Waals surface area contributed by atoms with Crippen molar-refractivity contribution in [3.8, 4) is 5.75 Å². The highest BCUT2D eigenvalue weighted by atomic mass is 16.5. The van der Waals surface area contributed by atoms with E-state index in [0.29, 0.717) is 30.9 Å². The van der Waals surface area contributed by atoms with Crippen LogP contribution in [0.3, 0.4) is 0 Å². The smallest absolute Gasteiger partial charge is 0.326 e. The highest BCUT2D eigenvalue weighted by Gasteiger charge is 2.31. The van der Waals surface area contributed by atoms with E-state index in [1.807, 2.05) is 0 Å². The largest absolute Gasteiger partial charge is 0.484 e. The van der Waals surface area contributed by atoms with Crippen LogP contribution in [-0.2, 0) is 14.3 Å². The number of benzene rings is 1. The van der Waals surface area contributed by atoms with Gasteiger partial charge in [0, 0.05) is 18.1 Å². The molecule has 7 nitrogen and oxygen atoms in total. The highest BCUT2D eigenvalue weighted by Crippen LogP contribution is 2.18. The van der Waals surface area contributed by atoms with Gasteiger partial charge in [-0.05, 0) is 31.9 Å². The van der Waals surface area contributed by atoms with Gasteiger partial charge in [-0.1, -0.05) is 12.1 Å². The number of carbonyl (C=O) groups excluding carboxylic acids is 2. The van der Waals surface area contributed by atoms with Crippen molar-refractivity contribution in [2.45, 2.75) is 25.8 Å². The van der Waals surface area contributed by atoms with E-state index in [4.69, 9.17) is 9.47 Å². The summed E-state index contributed by atoms with van der Waals surface area (Å²) in [6.45, 7) is 2.05. The molecule has 2 unspecified atom stereocenters. The van der Waals surface area contributed by atoms with Crippen LogP contribution in [0, 0.1) is 5.92 Å². The summed E-state index contributed by atoms with van der Waals surface area (Å²) in [6.07, 6.45) is 1.47. The molecule has 0 radical (unpaired) electrons. The van der Waals surface area contributed by atoms with Gasteiger partial charge in [0.15, 0.2) is 12.4 Å². The summed E-state index contributed by atoms with van der Waals surface area (Å²) in [5.41, 5.74) is 0.482. The van der Waals surface area contributed by atoms with Crippen molar-refractivity contribution in [3.05, 3.63) is 29.8 Å². The molecule has 7 heteroatoms. The highest BCUT2D eigenvalue weighted by molar-refractivity contribution is 5.94. The monoisotopic (exact) mass is 335 g/mol. The maximum absolute atomic E-state index is 12.0. The van der Waals surface area contributed by atoms with Crippen LogP contribution in [0.15, 0.2) is 24.3 Å². The number of carbonyl (C=O) groups is 3. The Bertz CT molecular complexity index is 609. The molecule has 0 aliphatic carbocycles. The van der Waals surface area contributed by atoms with E-state index in [1.54, 1.807) is 24.3 Å². The quantitative estimate of drug-likeness (QED) is 0.728. The van der Waals surface area contributed by atoms with Gasteiger partial charge >= 0.3 is 5.97 Å². The molecule has 0 aromatic heterocycles. The first kappa shape index (κ1) is 17.9. The van der Waals surface area contributed by atoms with E-state index in [1.165, 1.54) is 6.92 Å². The van der Waals surface area contributed by atoms with E-state index < -0.39 is 17.9 Å². The zero-order chi connectivity index (χ0) is 17.5. The minimum atomic E-state index is -1.09. The molecule has 2 atom stereocenters. The predicted molar refractivity (Wildman–Crippen MR) is 85.1 cm³/mol. The zero-order valence-electron chi connectivity index (χ0n) is 13.5. The average molecular weight is 335 g/mol. The van der Waals surface area contributed by atoms with Crippen molar-refractivity contribution in [1.82, 2.24) is 5.32 Å². The molecule has 2 N–H and O–H groups in total. The Morgan fingerprint density at radius 3 is 2.83 bits per heavy atom. The zero-order valence-corrected chi connectivity index (χ0v) is 13.5. The van der Waals surface area contributed by atoms with Crippen molar-refractivity contribution in [1.29, 1.82) is 0 Å². The SMILES string of the molecule is CC(=O)c1cccc(OCC(=O)NC(C(=O)O)C2CCCOC2)c1. The number of carboxylic acids is 1. The normalized spacial score (nSPS) is 18.5. The number of aliphatic carboxylic acids is 1. The summed E-state index contributed by atoms with van der Waals surface area (Å²) >= 11 is 0. The van der Waals surface area contributed by atoms with Gasteiger partial charge in [0.05, 0.1) is 6.61 Å². The molecule has 1 fully saturated rings. The maximum atomic E-state index is 12.0. The standard InChI is InChI=1S/C17H21NO6/c1-11(19)12-4-2-6-14(8-12)24-10-15(20)18-16(17(21)22)13-5-3-7-23-9-13/h2,4,6,8,13,16H,3,5,7,9-10H2,1H3,(H,18,20)(H,21,22). The van der Waals surface area contributed by atoms with E-state index in [9.17, 15) is 19.5 Å². The molecule has 2 rings (SSSR count). The first-order valence-corrected chi connectivity index (χ1v) is 7.81. The fraction of sp³-hybridized carbons (Fsp3) is 0.471. The number of ketones is 1. The van der Waals surface area contributed by atoms with Crippen LogP contribution < -0.4 is 10.1 Å². The molecular formula is C17H21NO6. The molecule has 24 heavy (non-hydrogen) atoms. The third-order valence-corrected chi connectivity index (χ3v) is 3.86. The second-order valence-corrected chi connectivity index (χ2v) is 5.73. The van der Waals surface area contributed by atoms with Gasteiger partial charge in [-0.2, -0.15) is 0 Å². The molecule has 1 amide bonds. The fourth-order valence-corrected chi connectivity index (χ4v) is 2.58. The van der Waals surface area contributed by atoms with Crippen LogP contribution in [0.1, 0.15) is 30.1 Å². The van der Waals surface area contributed by atoms with Crippen molar-refractivity contribution in [3.63, 3.8) is 0 Å². The van der Waals surface area contributed by atoms with Gasteiger partial charge in [-0.25, -0.2) is 4.79 Å². The Hall–Kier alpha value is -2.41. The molecule has 1 aliphatic rings. The van der Waals surface area contributed by atoms with Gasteiger partial charge in [-0.3, -0.25) is 9.59 Å². The summed E-state index contributed by atoms with van der Waals surface area (Å²) in [4.78, 5) is 34.7. The summed E-state index contributed by atoms with van der Waals surface area (Å²) < 4.78 is 10.6. The Balaban J connectivity index is 1.90. The van der Waals surface area contributed by atoms with Crippen LogP contribution in [-0.4, -0.2) is 48.6 Å². The fourth-order valence-electron chi connectivity index (χ4n) is 2.58. The van der Waals surface area contributed by atoms with Gasteiger partial charge in [-0.15, -0.1) is 0 Å². The third kappa shape index (κ3) is 5.06. The number of amides is 1. The minimum Gasteiger partial charge on any atom is -0.484 e. The van der Waals surface area contributed by atoms with Crippen molar-refractivity contribution >= 4 is 17.7 Å². The van der Waals surface area contributed by atoms with E-state index >= 15 is 0 Å². The number of rotatable bonds is 7. The topological polar surface area (TPSA) is 102 Å². The molecule has 0 bridgehead atoms. The Morgan fingerprint density at radius 1 is 1.42 bits per heavy atom. The van der Waals surface area contributed by atoms with Crippen LogP contribution in [0.2, 0.25) is 0 Å². The number of Topliss-reactive ketones (excluding diaryl/α,β-unsaturated/α-hetero) is 1. The lowest BCUT2D eigenvalue weighted by atomic mass is 9.93. The number of carboxylic acid groups (broad SMARTS) is 1. The van der Waals surface area contributed by atoms with Crippen LogP contribution in [0.5, 0.6) is 5.75 Å². The lowest BCUT2D eigenvalue weighted by molar-refractivity contribution is -0.145. The van der Waals surface area contributed by atoms with Crippen LogP contribution in [0.25, 0.3) is 0 Å². The number of ether oxygens (including phenoxy) is 2. The van der Waals surface area contributed by atoms with Gasteiger partial charge < -0.3 is 19.9 Å². The Morgan fingerprint density at radius 2 is 2.21 bits per heavy atom. The minimum absolute atomic E-state index is 0.104. The second-order valence-electron chi connectivity index (χ2n) is 5.73. The lowest BCUT2D eigenvalue weighted by Crippen LogP contribution is -2.49. The van der Waals surface area contributed by atoms with Crippen molar-refractivity contribution in [2.75, 3.05) is 19.8 Å². The van der Waals surface area contributed by atoms with E-state index in [2.05, 4.69) is 5.32 Å². The van der Waals surface area contributed by atoms with Crippen molar-refractivity contribution in [2.24, 2.45) is 5.92 Å². The van der Waals surface area contributed by atoms with Gasteiger partial charge in [0.2, 0.25) is 0 Å². The van der Waals surface area contributed by atoms with Gasteiger partial charge in [0.1, 0.15) is 11.8 Å². The molecule has 1 aromatic carbocycles. The van der Waals surface area contributed by atoms with E-state index in [-0.39, 0.29) is 18.3 Å².